The molecule has 6 nitrogen and oxygen atoms in total. The van der Waals surface area contributed by atoms with E-state index in [1.807, 2.05) is 45.0 Å². The number of aromatic nitrogens is 2. The van der Waals surface area contributed by atoms with Crippen molar-refractivity contribution in [1.82, 2.24) is 9.78 Å². The molecule has 8 heteroatoms. The summed E-state index contributed by atoms with van der Waals surface area (Å²) in [5, 5.41) is 4.43. The van der Waals surface area contributed by atoms with Gasteiger partial charge >= 0.3 is 0 Å². The van der Waals surface area contributed by atoms with Crippen LogP contribution in [-0.4, -0.2) is 31.3 Å². The van der Waals surface area contributed by atoms with Crippen molar-refractivity contribution in [2.24, 2.45) is 0 Å². The van der Waals surface area contributed by atoms with Crippen molar-refractivity contribution in [3.8, 4) is 5.75 Å². The highest BCUT2D eigenvalue weighted by molar-refractivity contribution is 6.74. The van der Waals surface area contributed by atoms with Gasteiger partial charge in [0.25, 0.3) is 5.56 Å². The molecular weight excluding hydrogens is 444 g/mol. The fourth-order valence-corrected chi connectivity index (χ4v) is 3.86. The van der Waals surface area contributed by atoms with E-state index >= 15 is 0 Å². The number of nitrogens with zero attached hydrogens (tertiary/aromatic N) is 2. The van der Waals surface area contributed by atoms with Crippen LogP contribution in [0.4, 0.5) is 0 Å². The summed E-state index contributed by atoms with van der Waals surface area (Å²) in [5.74, 6) is 0.284. The van der Waals surface area contributed by atoms with Gasteiger partial charge in [0.15, 0.2) is 19.1 Å². The highest BCUT2D eigenvalue weighted by atomic mass is 35.5. The predicted molar refractivity (Wildman–Crippen MR) is 132 cm³/mol. The first-order valence-corrected chi connectivity index (χ1v) is 14.2. The third kappa shape index (κ3) is 7.17. The molecule has 0 radical (unpaired) electrons. The van der Waals surface area contributed by atoms with Crippen LogP contribution in [0.2, 0.25) is 23.2 Å². The Morgan fingerprint density at radius 1 is 0.969 bits per heavy atom. The predicted octanol–water partition coefficient (Wildman–Crippen LogP) is 5.77. The van der Waals surface area contributed by atoms with Gasteiger partial charge in [-0.05, 0) is 50.0 Å². The van der Waals surface area contributed by atoms with Gasteiger partial charge in [0, 0.05) is 0 Å². The lowest BCUT2D eigenvalue weighted by atomic mass is 10.1. The number of ether oxygens (including phenoxy) is 2. The van der Waals surface area contributed by atoms with Crippen LogP contribution in [0.5, 0.6) is 5.75 Å². The fraction of sp³-hybridized carbons (Fsp3) is 0.583. The van der Waals surface area contributed by atoms with Gasteiger partial charge in [0.05, 0.1) is 31.6 Å². The molecule has 0 aliphatic heterocycles. The molecule has 1 aromatic carbocycles. The molecule has 0 atom stereocenters. The van der Waals surface area contributed by atoms with Crippen molar-refractivity contribution in [3.05, 3.63) is 57.0 Å². The molecule has 0 amide bonds. The van der Waals surface area contributed by atoms with E-state index in [9.17, 15) is 4.79 Å². The van der Waals surface area contributed by atoms with Gasteiger partial charge in [0.1, 0.15) is 6.61 Å². The first-order chi connectivity index (χ1) is 14.7. The summed E-state index contributed by atoms with van der Waals surface area (Å²) in [7, 11) is -1.73. The molecule has 0 fully saturated rings. The molecule has 1 aromatic heterocycles. The van der Waals surface area contributed by atoms with Gasteiger partial charge < -0.3 is 13.9 Å². The van der Waals surface area contributed by atoms with Crippen LogP contribution >= 0.6 is 11.6 Å². The van der Waals surface area contributed by atoms with E-state index in [0.29, 0.717) is 26.4 Å². The van der Waals surface area contributed by atoms with Gasteiger partial charge in [-0.1, -0.05) is 56.6 Å². The summed E-state index contributed by atoms with van der Waals surface area (Å²) in [6.07, 6.45) is 1.49. The van der Waals surface area contributed by atoms with Gasteiger partial charge in [-0.3, -0.25) is 4.79 Å². The lowest BCUT2D eigenvalue weighted by molar-refractivity contribution is 0.0845. The zero-order valence-electron chi connectivity index (χ0n) is 20.6. The lowest BCUT2D eigenvalue weighted by Crippen LogP contribution is -2.41. The maximum Gasteiger partial charge on any atom is 0.289 e. The zero-order valence-corrected chi connectivity index (χ0v) is 22.4. The van der Waals surface area contributed by atoms with E-state index in [1.54, 1.807) is 0 Å². The highest BCUT2D eigenvalue weighted by Crippen LogP contribution is 2.36. The Morgan fingerprint density at radius 3 is 2.06 bits per heavy atom. The van der Waals surface area contributed by atoms with E-state index in [0.717, 1.165) is 11.1 Å². The smallest absolute Gasteiger partial charge is 0.289 e. The minimum Gasteiger partial charge on any atom is -0.485 e. The second kappa shape index (κ2) is 10.5. The van der Waals surface area contributed by atoms with E-state index in [2.05, 4.69) is 39.0 Å². The van der Waals surface area contributed by atoms with E-state index < -0.39 is 13.9 Å². The third-order valence-electron chi connectivity index (χ3n) is 5.71. The van der Waals surface area contributed by atoms with Crippen LogP contribution in [0.25, 0.3) is 0 Å². The van der Waals surface area contributed by atoms with Crippen molar-refractivity contribution in [3.63, 3.8) is 0 Å². The van der Waals surface area contributed by atoms with Crippen LogP contribution in [0.15, 0.2) is 35.3 Å². The Bertz CT molecular complexity index is 944. The molecular formula is C24H37ClN2O4Si. The van der Waals surface area contributed by atoms with Crippen LogP contribution in [-0.2, 0) is 27.9 Å². The molecule has 0 N–H and O–H groups in total. The molecule has 0 spiro atoms. The van der Waals surface area contributed by atoms with Crippen LogP contribution < -0.4 is 10.3 Å². The normalized spacial score (nSPS) is 12.8. The molecule has 0 saturated carbocycles. The molecule has 32 heavy (non-hydrogen) atoms. The Kier molecular flexibility index (Phi) is 8.73. The van der Waals surface area contributed by atoms with E-state index in [1.165, 1.54) is 10.9 Å². The molecule has 178 valence electrons. The largest absolute Gasteiger partial charge is 0.485 e. The van der Waals surface area contributed by atoms with Crippen LogP contribution in [0.1, 0.15) is 52.7 Å². The first-order valence-electron chi connectivity index (χ1n) is 10.9. The van der Waals surface area contributed by atoms with Crippen LogP contribution in [0.3, 0.4) is 0 Å². The van der Waals surface area contributed by atoms with Crippen molar-refractivity contribution < 1.29 is 13.9 Å². The van der Waals surface area contributed by atoms with Crippen molar-refractivity contribution in [1.29, 1.82) is 0 Å². The topological polar surface area (TPSA) is 62.6 Å². The van der Waals surface area contributed by atoms with Gasteiger partial charge in [-0.25, -0.2) is 4.68 Å². The second-order valence-electron chi connectivity index (χ2n) is 10.5. The van der Waals surface area contributed by atoms with Gasteiger partial charge in [-0.2, -0.15) is 5.10 Å². The summed E-state index contributed by atoms with van der Waals surface area (Å²) < 4.78 is 19.0. The maximum atomic E-state index is 12.4. The number of rotatable bonds is 9. The fourth-order valence-electron chi connectivity index (χ4n) is 2.65. The standard InChI is InChI=1S/C24H37ClN2O4Si/c1-23(2,3)27-22(28)21(25)20(15-26-27)30-17-19-11-9-18(10-12-19)16-29-13-14-31-32(7,8)24(4,5)6/h9-12,15H,13-14,16-17H2,1-8H3. The molecule has 2 rings (SSSR count). The molecule has 0 saturated heterocycles. The first kappa shape index (κ1) is 26.6. The van der Waals surface area contributed by atoms with Gasteiger partial charge in [0.2, 0.25) is 0 Å². The highest BCUT2D eigenvalue weighted by Gasteiger charge is 2.36. The SMILES string of the molecule is CC(C)(C)n1ncc(OCc2ccc(COCCO[Si](C)(C)C(C)(C)C)cc2)c(Cl)c1=O. The Morgan fingerprint density at radius 2 is 1.53 bits per heavy atom. The average Bonchev–Trinajstić information content (AvgIpc) is 2.68. The monoisotopic (exact) mass is 480 g/mol. The quantitative estimate of drug-likeness (QED) is 0.336. The molecule has 0 unspecified atom stereocenters. The van der Waals surface area contributed by atoms with E-state index in [-0.39, 0.29) is 21.4 Å². The summed E-state index contributed by atoms with van der Waals surface area (Å²) >= 11 is 6.21. The summed E-state index contributed by atoms with van der Waals surface area (Å²) in [6.45, 7) is 18.9. The van der Waals surface area contributed by atoms with Crippen molar-refractivity contribution >= 4 is 19.9 Å². The van der Waals surface area contributed by atoms with E-state index in [4.69, 9.17) is 25.5 Å². The lowest BCUT2D eigenvalue weighted by Gasteiger charge is -2.36. The number of halogens is 1. The Labute approximate surface area is 198 Å². The minimum absolute atomic E-state index is 0.0415. The molecule has 1 heterocycles. The number of hydrogen-bond donors (Lipinski definition) is 0. The molecule has 0 aliphatic rings. The molecule has 0 bridgehead atoms. The summed E-state index contributed by atoms with van der Waals surface area (Å²) in [5.41, 5.74) is 1.23. The summed E-state index contributed by atoms with van der Waals surface area (Å²) in [6, 6.07) is 7.96. The van der Waals surface area contributed by atoms with Gasteiger partial charge in [-0.15, -0.1) is 0 Å². The average molecular weight is 481 g/mol. The van der Waals surface area contributed by atoms with Crippen molar-refractivity contribution in [2.75, 3.05) is 13.2 Å². The zero-order chi connectivity index (χ0) is 24.2. The maximum absolute atomic E-state index is 12.4. The summed E-state index contributed by atoms with van der Waals surface area (Å²) in [4.78, 5) is 12.4. The second-order valence-corrected chi connectivity index (χ2v) is 15.7. The minimum atomic E-state index is -1.73. The Balaban J connectivity index is 1.83. The van der Waals surface area contributed by atoms with Crippen LogP contribution in [0, 0.1) is 0 Å². The third-order valence-corrected chi connectivity index (χ3v) is 10.6. The molecule has 2 aromatic rings. The molecule has 0 aliphatic carbocycles. The Hall–Kier alpha value is -1.67. The number of benzene rings is 1. The number of hydrogen-bond acceptors (Lipinski definition) is 5. The van der Waals surface area contributed by atoms with Crippen molar-refractivity contribution in [2.45, 2.75) is 78.4 Å².